The van der Waals surface area contributed by atoms with Gasteiger partial charge in [-0.25, -0.2) is 5.84 Å². The Morgan fingerprint density at radius 2 is 2.58 bits per heavy atom. The molecule has 0 aliphatic rings. The minimum Gasteiger partial charge on any atom is -0.308 e. The van der Waals surface area contributed by atoms with Gasteiger partial charge in [-0.3, -0.25) is 4.99 Å². The molecule has 0 saturated heterocycles. The van der Waals surface area contributed by atoms with Gasteiger partial charge in [0, 0.05) is 11.0 Å². The van der Waals surface area contributed by atoms with E-state index in [1.54, 1.807) is 11.3 Å². The van der Waals surface area contributed by atoms with Gasteiger partial charge in [-0.1, -0.05) is 0 Å². The topological polar surface area (TPSA) is 50.4 Å². The number of thiophene rings is 1. The van der Waals surface area contributed by atoms with Crippen molar-refractivity contribution < 1.29 is 0 Å². The molecular weight excluding hydrogens is 238 g/mol. The summed E-state index contributed by atoms with van der Waals surface area (Å²) in [4.78, 5) is 5.25. The molecule has 0 amide bonds. The molecule has 3 N–H and O–H groups in total. The third kappa shape index (κ3) is 2.06. The van der Waals surface area contributed by atoms with Crippen LogP contribution in [0.2, 0.25) is 0 Å². The zero-order chi connectivity index (χ0) is 8.97. The van der Waals surface area contributed by atoms with Crippen LogP contribution in [-0.2, 0) is 0 Å². The summed E-state index contributed by atoms with van der Waals surface area (Å²) in [5.74, 6) is 6.06. The van der Waals surface area contributed by atoms with E-state index in [1.165, 1.54) is 0 Å². The van der Waals surface area contributed by atoms with Crippen LogP contribution in [0, 0.1) is 0 Å². The first-order valence-electron chi connectivity index (χ1n) is 3.54. The molecule has 0 fully saturated rings. The maximum absolute atomic E-state index is 5.32. The lowest BCUT2D eigenvalue weighted by Crippen LogP contribution is -2.30. The molecule has 66 valence electrons. The molecule has 12 heavy (non-hydrogen) atoms. The second-order valence-corrected chi connectivity index (χ2v) is 3.84. The molecule has 0 spiro atoms. The standard InChI is InChI=1S/C7H10BrN3S/c1-2-10-7(11-9)6-5(8)3-4-12-6/h3-4H,2,9H2,1H3,(H,10,11). The predicted octanol–water partition coefficient (Wildman–Crippen LogP) is 1.74. The lowest BCUT2D eigenvalue weighted by Gasteiger charge is -2.02. The first kappa shape index (κ1) is 9.70. The van der Waals surface area contributed by atoms with Crippen molar-refractivity contribution in [3.8, 4) is 0 Å². The van der Waals surface area contributed by atoms with Gasteiger partial charge in [0.25, 0.3) is 0 Å². The second-order valence-electron chi connectivity index (χ2n) is 2.06. The molecule has 1 aromatic rings. The first-order chi connectivity index (χ1) is 5.79. The van der Waals surface area contributed by atoms with Gasteiger partial charge in [-0.2, -0.15) is 0 Å². The van der Waals surface area contributed by atoms with Crippen LogP contribution in [0.1, 0.15) is 11.8 Å². The molecule has 0 atom stereocenters. The van der Waals surface area contributed by atoms with E-state index in [2.05, 4.69) is 26.3 Å². The van der Waals surface area contributed by atoms with Gasteiger partial charge >= 0.3 is 0 Å². The van der Waals surface area contributed by atoms with E-state index >= 15 is 0 Å². The molecule has 0 aliphatic heterocycles. The molecule has 0 aromatic carbocycles. The Kier molecular flexibility index (Phi) is 3.71. The quantitative estimate of drug-likeness (QED) is 0.362. The molecule has 0 bridgehead atoms. The Morgan fingerprint density at radius 1 is 1.83 bits per heavy atom. The molecule has 0 radical (unpaired) electrons. The number of nitrogens with one attached hydrogen (secondary N) is 1. The van der Waals surface area contributed by atoms with Crippen molar-refractivity contribution >= 4 is 33.1 Å². The molecule has 1 aromatic heterocycles. The molecule has 0 unspecified atom stereocenters. The first-order valence-corrected chi connectivity index (χ1v) is 5.21. The highest BCUT2D eigenvalue weighted by molar-refractivity contribution is 9.10. The van der Waals surface area contributed by atoms with Gasteiger partial charge in [0.05, 0.1) is 4.88 Å². The summed E-state index contributed by atoms with van der Waals surface area (Å²) < 4.78 is 1.03. The summed E-state index contributed by atoms with van der Waals surface area (Å²) in [6.45, 7) is 2.70. The zero-order valence-electron chi connectivity index (χ0n) is 6.67. The molecule has 1 rings (SSSR count). The SMILES string of the molecule is CCN=C(NN)c1sccc1Br. The molecule has 0 saturated carbocycles. The molecule has 5 heteroatoms. The summed E-state index contributed by atoms with van der Waals surface area (Å²) in [6.07, 6.45) is 0. The van der Waals surface area contributed by atoms with Crippen molar-refractivity contribution in [1.82, 2.24) is 5.43 Å². The maximum Gasteiger partial charge on any atom is 0.153 e. The summed E-state index contributed by atoms with van der Waals surface area (Å²) >= 11 is 5.01. The summed E-state index contributed by atoms with van der Waals surface area (Å²) in [5.41, 5.74) is 2.58. The number of rotatable bonds is 2. The van der Waals surface area contributed by atoms with Crippen LogP contribution in [0.5, 0.6) is 0 Å². The van der Waals surface area contributed by atoms with Crippen LogP contribution in [0.3, 0.4) is 0 Å². The highest BCUT2D eigenvalue weighted by Gasteiger charge is 2.06. The molecular formula is C7H10BrN3S. The van der Waals surface area contributed by atoms with E-state index < -0.39 is 0 Å². The number of hydrazine groups is 1. The van der Waals surface area contributed by atoms with Gasteiger partial charge in [0.2, 0.25) is 0 Å². The van der Waals surface area contributed by atoms with Crippen molar-refractivity contribution in [1.29, 1.82) is 0 Å². The van der Waals surface area contributed by atoms with E-state index in [1.807, 2.05) is 18.4 Å². The Balaban J connectivity index is 2.95. The Bertz CT molecular complexity index is 282. The molecule has 1 heterocycles. The minimum atomic E-state index is 0.726. The van der Waals surface area contributed by atoms with Crippen molar-refractivity contribution in [3.63, 3.8) is 0 Å². The van der Waals surface area contributed by atoms with Crippen LogP contribution in [-0.4, -0.2) is 12.4 Å². The summed E-state index contributed by atoms with van der Waals surface area (Å²) in [7, 11) is 0. The number of amidine groups is 1. The largest absolute Gasteiger partial charge is 0.308 e. The van der Waals surface area contributed by atoms with E-state index in [4.69, 9.17) is 5.84 Å². The van der Waals surface area contributed by atoms with E-state index in [0.29, 0.717) is 0 Å². The minimum absolute atomic E-state index is 0.726. The normalized spacial score (nSPS) is 11.8. The number of nitrogens with zero attached hydrogens (tertiary/aromatic N) is 1. The molecule has 3 nitrogen and oxygen atoms in total. The Hall–Kier alpha value is -0.390. The van der Waals surface area contributed by atoms with Crippen molar-refractivity contribution in [2.75, 3.05) is 6.54 Å². The predicted molar refractivity (Wildman–Crippen MR) is 56.4 cm³/mol. The van der Waals surface area contributed by atoms with Crippen molar-refractivity contribution in [2.24, 2.45) is 10.8 Å². The van der Waals surface area contributed by atoms with Gasteiger partial charge in [-0.05, 0) is 34.3 Å². The second kappa shape index (κ2) is 4.59. The van der Waals surface area contributed by atoms with Crippen LogP contribution in [0.15, 0.2) is 20.9 Å². The summed E-state index contributed by atoms with van der Waals surface area (Å²) in [5, 5.41) is 1.99. The lowest BCUT2D eigenvalue weighted by atomic mass is 10.4. The van der Waals surface area contributed by atoms with Crippen molar-refractivity contribution in [2.45, 2.75) is 6.92 Å². The zero-order valence-corrected chi connectivity index (χ0v) is 9.08. The van der Waals surface area contributed by atoms with Gasteiger partial charge < -0.3 is 5.43 Å². The number of nitrogens with two attached hydrogens (primary N) is 1. The van der Waals surface area contributed by atoms with Gasteiger partial charge in [0.15, 0.2) is 5.84 Å². The monoisotopic (exact) mass is 247 g/mol. The van der Waals surface area contributed by atoms with Crippen LogP contribution in [0.25, 0.3) is 0 Å². The fourth-order valence-electron chi connectivity index (χ4n) is 0.804. The lowest BCUT2D eigenvalue weighted by molar-refractivity contribution is 0.995. The highest BCUT2D eigenvalue weighted by Crippen LogP contribution is 2.22. The Labute approximate surface area is 83.8 Å². The third-order valence-electron chi connectivity index (χ3n) is 1.29. The van der Waals surface area contributed by atoms with E-state index in [0.717, 1.165) is 21.7 Å². The fourth-order valence-corrected chi connectivity index (χ4v) is 2.34. The number of halogens is 1. The van der Waals surface area contributed by atoms with E-state index in [9.17, 15) is 0 Å². The number of hydrogen-bond donors (Lipinski definition) is 2. The van der Waals surface area contributed by atoms with Crippen LogP contribution < -0.4 is 11.3 Å². The Morgan fingerprint density at radius 3 is 3.00 bits per heavy atom. The fraction of sp³-hybridized carbons (Fsp3) is 0.286. The average molecular weight is 248 g/mol. The number of hydrogen-bond acceptors (Lipinski definition) is 3. The van der Waals surface area contributed by atoms with Crippen LogP contribution >= 0.6 is 27.3 Å². The number of aliphatic imine (C=N–C) groups is 1. The van der Waals surface area contributed by atoms with Gasteiger partial charge in [-0.15, -0.1) is 11.3 Å². The smallest absolute Gasteiger partial charge is 0.153 e. The third-order valence-corrected chi connectivity index (χ3v) is 3.13. The molecule has 0 aliphatic carbocycles. The highest BCUT2D eigenvalue weighted by atomic mass is 79.9. The van der Waals surface area contributed by atoms with Crippen LogP contribution in [0.4, 0.5) is 0 Å². The van der Waals surface area contributed by atoms with E-state index in [-0.39, 0.29) is 0 Å². The van der Waals surface area contributed by atoms with Crippen molar-refractivity contribution in [3.05, 3.63) is 20.8 Å². The summed E-state index contributed by atoms with van der Waals surface area (Å²) in [6, 6.07) is 1.97. The average Bonchev–Trinajstić information content (AvgIpc) is 2.47. The maximum atomic E-state index is 5.32. The van der Waals surface area contributed by atoms with Gasteiger partial charge in [0.1, 0.15) is 0 Å².